The van der Waals surface area contributed by atoms with Crippen molar-refractivity contribution < 1.29 is 23.5 Å². The Morgan fingerprint density at radius 2 is 1.66 bits per heavy atom. The molecule has 35 heavy (non-hydrogen) atoms. The summed E-state index contributed by atoms with van der Waals surface area (Å²) in [5.74, 6) is -7.83. The molecule has 1 unspecified atom stereocenters. The molecule has 4 rings (SSSR count). The van der Waals surface area contributed by atoms with Crippen molar-refractivity contribution >= 4 is 40.8 Å². The lowest BCUT2D eigenvalue weighted by Gasteiger charge is -2.25. The Kier molecular flexibility index (Phi) is 6.73. The number of hydrogen-bond acceptors (Lipinski definition) is 4. The SMILES string of the molecule is O=C(O)CC(F)(F)C(=O)N1N=C(c2c(-c3ccc(Cl)cc3)cc[nH]c2=O)CC1c1ccc(Cl)cc1. The van der Waals surface area contributed by atoms with Crippen molar-refractivity contribution in [2.45, 2.75) is 24.8 Å². The number of nitrogens with one attached hydrogen (secondary N) is 1. The molecule has 2 N–H and O–H groups in total. The minimum atomic E-state index is -4.21. The molecule has 0 saturated heterocycles. The highest BCUT2D eigenvalue weighted by molar-refractivity contribution is 6.30. The summed E-state index contributed by atoms with van der Waals surface area (Å²) in [6, 6.07) is 13.4. The predicted octanol–water partition coefficient (Wildman–Crippen LogP) is 5.14. The van der Waals surface area contributed by atoms with E-state index < -0.39 is 35.8 Å². The number of amides is 1. The molecule has 1 amide bonds. The predicted molar refractivity (Wildman–Crippen MR) is 127 cm³/mol. The first-order valence-electron chi connectivity index (χ1n) is 10.3. The zero-order valence-electron chi connectivity index (χ0n) is 17.8. The fraction of sp³-hybridized carbons (Fsp3) is 0.167. The van der Waals surface area contributed by atoms with E-state index in [9.17, 15) is 23.2 Å². The van der Waals surface area contributed by atoms with Gasteiger partial charge in [0.2, 0.25) is 0 Å². The van der Waals surface area contributed by atoms with Gasteiger partial charge in [0.25, 0.3) is 5.56 Å². The third-order valence-corrected chi connectivity index (χ3v) is 5.97. The largest absolute Gasteiger partial charge is 0.481 e. The second-order valence-electron chi connectivity index (χ2n) is 7.85. The van der Waals surface area contributed by atoms with Crippen molar-refractivity contribution in [2.24, 2.45) is 5.10 Å². The Morgan fingerprint density at radius 3 is 2.26 bits per heavy atom. The third kappa shape index (κ3) is 5.11. The molecular weight excluding hydrogens is 503 g/mol. The summed E-state index contributed by atoms with van der Waals surface area (Å²) in [6.07, 6.45) is -0.321. The number of H-pyrrole nitrogens is 1. The van der Waals surface area contributed by atoms with Gasteiger partial charge in [0, 0.05) is 22.7 Å². The molecular formula is C24H17Cl2F2N3O4. The van der Waals surface area contributed by atoms with E-state index in [4.69, 9.17) is 28.3 Å². The molecule has 1 atom stereocenters. The van der Waals surface area contributed by atoms with E-state index in [1.54, 1.807) is 42.5 Å². The normalized spacial score (nSPS) is 15.7. The van der Waals surface area contributed by atoms with Crippen LogP contribution < -0.4 is 5.56 Å². The maximum Gasteiger partial charge on any atom is 0.337 e. The van der Waals surface area contributed by atoms with Crippen LogP contribution >= 0.6 is 23.2 Å². The number of aromatic nitrogens is 1. The highest BCUT2D eigenvalue weighted by Crippen LogP contribution is 2.38. The Balaban J connectivity index is 1.83. The smallest absolute Gasteiger partial charge is 0.337 e. The molecule has 1 aliphatic heterocycles. The van der Waals surface area contributed by atoms with E-state index in [0.717, 1.165) is 0 Å². The molecule has 7 nitrogen and oxygen atoms in total. The number of carboxylic acid groups (broad SMARTS) is 1. The summed E-state index contributed by atoms with van der Waals surface area (Å²) < 4.78 is 29.0. The molecule has 0 saturated carbocycles. The van der Waals surface area contributed by atoms with Crippen molar-refractivity contribution in [3.63, 3.8) is 0 Å². The Morgan fingerprint density at radius 1 is 1.06 bits per heavy atom. The molecule has 0 aliphatic carbocycles. The molecule has 0 fully saturated rings. The minimum absolute atomic E-state index is 0.0653. The van der Waals surface area contributed by atoms with Gasteiger partial charge in [0.05, 0.1) is 17.3 Å². The summed E-state index contributed by atoms with van der Waals surface area (Å²) in [5.41, 5.74) is 1.19. The first-order chi connectivity index (χ1) is 16.6. The molecule has 0 bridgehead atoms. The molecule has 0 spiro atoms. The van der Waals surface area contributed by atoms with E-state index >= 15 is 0 Å². The lowest BCUT2D eigenvalue weighted by molar-refractivity contribution is -0.167. The van der Waals surface area contributed by atoms with Crippen LogP contribution in [-0.4, -0.2) is 38.6 Å². The van der Waals surface area contributed by atoms with Gasteiger partial charge in [-0.25, -0.2) is 5.01 Å². The average Bonchev–Trinajstić information content (AvgIpc) is 3.23. The van der Waals surface area contributed by atoms with Crippen LogP contribution in [-0.2, 0) is 9.59 Å². The Hall–Kier alpha value is -3.56. The van der Waals surface area contributed by atoms with Crippen LogP contribution in [0, 0.1) is 0 Å². The standard InChI is InChI=1S/C24H17Cl2F2N3O4/c25-15-5-1-13(2-6-15)17-9-10-29-22(34)21(17)18-11-19(14-3-7-16(26)8-4-14)31(30-18)23(35)24(27,28)12-20(32)33/h1-10,19H,11-12H2,(H,29,34)(H,32,33). The number of carbonyl (C=O) groups is 2. The number of halogens is 4. The topological polar surface area (TPSA) is 103 Å². The lowest BCUT2D eigenvalue weighted by atomic mass is 9.94. The highest BCUT2D eigenvalue weighted by Gasteiger charge is 2.48. The van der Waals surface area contributed by atoms with Crippen molar-refractivity contribution in [1.82, 2.24) is 9.99 Å². The lowest BCUT2D eigenvalue weighted by Crippen LogP contribution is -2.42. The number of hydrazone groups is 1. The number of aliphatic carboxylic acids is 1. The van der Waals surface area contributed by atoms with Crippen LogP contribution in [0.15, 0.2) is 70.7 Å². The fourth-order valence-corrected chi connectivity index (χ4v) is 4.11. The number of alkyl halides is 2. The molecule has 1 aliphatic rings. The number of benzene rings is 2. The first kappa shape index (κ1) is 24.6. The Labute approximate surface area is 207 Å². The number of carbonyl (C=O) groups excluding carboxylic acids is 1. The average molecular weight is 520 g/mol. The number of carboxylic acids is 1. The summed E-state index contributed by atoms with van der Waals surface area (Å²) in [4.78, 5) is 39.1. The third-order valence-electron chi connectivity index (χ3n) is 5.46. The van der Waals surface area contributed by atoms with Gasteiger partial charge >= 0.3 is 17.8 Å². The van der Waals surface area contributed by atoms with Gasteiger partial charge in [-0.2, -0.15) is 13.9 Å². The van der Waals surface area contributed by atoms with E-state index in [0.29, 0.717) is 31.7 Å². The van der Waals surface area contributed by atoms with Crippen molar-refractivity contribution in [2.75, 3.05) is 0 Å². The monoisotopic (exact) mass is 519 g/mol. The van der Waals surface area contributed by atoms with Crippen LogP contribution in [0.1, 0.15) is 30.0 Å². The minimum Gasteiger partial charge on any atom is -0.481 e. The van der Waals surface area contributed by atoms with Gasteiger partial charge < -0.3 is 10.1 Å². The number of rotatable bonds is 6. The van der Waals surface area contributed by atoms with E-state index in [-0.39, 0.29) is 17.7 Å². The molecule has 2 aromatic carbocycles. The van der Waals surface area contributed by atoms with Crippen molar-refractivity contribution in [1.29, 1.82) is 0 Å². The van der Waals surface area contributed by atoms with E-state index in [1.165, 1.54) is 18.3 Å². The van der Waals surface area contributed by atoms with Crippen LogP contribution in [0.2, 0.25) is 10.0 Å². The van der Waals surface area contributed by atoms with E-state index in [1.807, 2.05) is 0 Å². The zero-order chi connectivity index (χ0) is 25.3. The fourth-order valence-electron chi connectivity index (χ4n) is 3.86. The summed E-state index contributed by atoms with van der Waals surface area (Å²) in [7, 11) is 0. The molecule has 11 heteroatoms. The molecule has 2 heterocycles. The number of nitrogens with zero attached hydrogens (tertiary/aromatic N) is 2. The van der Waals surface area contributed by atoms with Gasteiger partial charge in [-0.1, -0.05) is 47.5 Å². The maximum atomic E-state index is 14.5. The second-order valence-corrected chi connectivity index (χ2v) is 8.72. The summed E-state index contributed by atoms with van der Waals surface area (Å²) in [6.45, 7) is 0. The van der Waals surface area contributed by atoms with Crippen LogP contribution in [0.25, 0.3) is 11.1 Å². The molecule has 180 valence electrons. The van der Waals surface area contributed by atoms with Gasteiger partial charge in [-0.3, -0.25) is 14.4 Å². The van der Waals surface area contributed by atoms with E-state index in [2.05, 4.69) is 10.1 Å². The zero-order valence-corrected chi connectivity index (χ0v) is 19.4. The number of hydrogen-bond donors (Lipinski definition) is 2. The van der Waals surface area contributed by atoms with Gasteiger partial charge in [-0.05, 0) is 47.0 Å². The van der Waals surface area contributed by atoms with Crippen LogP contribution in [0.4, 0.5) is 8.78 Å². The van der Waals surface area contributed by atoms with Crippen LogP contribution in [0.5, 0.6) is 0 Å². The Bertz CT molecular complexity index is 1370. The number of pyridine rings is 1. The first-order valence-corrected chi connectivity index (χ1v) is 11.1. The highest BCUT2D eigenvalue weighted by atomic mass is 35.5. The van der Waals surface area contributed by atoms with Gasteiger partial charge in [0.1, 0.15) is 6.42 Å². The molecule has 1 aromatic heterocycles. The summed E-state index contributed by atoms with van der Waals surface area (Å²) >= 11 is 11.9. The van der Waals surface area contributed by atoms with Gasteiger partial charge in [0.15, 0.2) is 0 Å². The van der Waals surface area contributed by atoms with Crippen LogP contribution in [0.3, 0.4) is 0 Å². The molecule has 3 aromatic rings. The van der Waals surface area contributed by atoms with Gasteiger partial charge in [-0.15, -0.1) is 0 Å². The maximum absolute atomic E-state index is 14.5. The second kappa shape index (κ2) is 9.59. The number of aromatic amines is 1. The van der Waals surface area contributed by atoms with Crippen molar-refractivity contribution in [3.8, 4) is 11.1 Å². The quantitative estimate of drug-likeness (QED) is 0.470. The summed E-state index contributed by atoms with van der Waals surface area (Å²) in [5, 5.41) is 14.4. The van der Waals surface area contributed by atoms with Crippen molar-refractivity contribution in [3.05, 3.63) is 92.3 Å². The molecule has 0 radical (unpaired) electrons.